The van der Waals surface area contributed by atoms with Crippen molar-refractivity contribution in [1.82, 2.24) is 5.32 Å². The summed E-state index contributed by atoms with van der Waals surface area (Å²) in [5.41, 5.74) is 0. The summed E-state index contributed by atoms with van der Waals surface area (Å²) >= 11 is 0. The Hall–Kier alpha value is -1.06. The monoisotopic (exact) mass is 255 g/mol. The summed E-state index contributed by atoms with van der Waals surface area (Å²) in [6, 6.07) is 0.156. The van der Waals surface area contributed by atoms with E-state index in [-0.39, 0.29) is 6.04 Å². The molecule has 0 spiro atoms. The molecule has 1 rings (SSSR count). The molecule has 1 fully saturated rings. The number of carbonyl (C=O) groups excluding carboxylic acids is 2. The highest BCUT2D eigenvalue weighted by molar-refractivity contribution is 6.32. The first-order chi connectivity index (χ1) is 8.74. The Morgan fingerprint density at radius 3 is 2.39 bits per heavy atom. The number of nitrogens with one attached hydrogen (secondary N) is 1. The van der Waals surface area contributed by atoms with Gasteiger partial charge < -0.3 is 10.1 Å². The normalized spacial score (nSPS) is 16.9. The van der Waals surface area contributed by atoms with Crippen LogP contribution in [0.15, 0.2) is 0 Å². The van der Waals surface area contributed by atoms with E-state index in [1.807, 2.05) is 0 Å². The lowest BCUT2D eigenvalue weighted by molar-refractivity contribution is -0.155. The molecule has 0 aromatic heterocycles. The third kappa shape index (κ3) is 6.03. The Balaban J connectivity index is 2.19. The molecular weight excluding hydrogens is 230 g/mol. The summed E-state index contributed by atoms with van der Waals surface area (Å²) in [6.45, 7) is 2.44. The van der Waals surface area contributed by atoms with Crippen molar-refractivity contribution in [3.63, 3.8) is 0 Å². The maximum atomic E-state index is 11.6. The molecule has 1 amide bonds. The van der Waals surface area contributed by atoms with Gasteiger partial charge in [-0.05, 0) is 19.3 Å². The van der Waals surface area contributed by atoms with Crippen molar-refractivity contribution in [2.45, 2.75) is 70.8 Å². The van der Waals surface area contributed by atoms with Gasteiger partial charge in [-0.2, -0.15) is 0 Å². The lowest BCUT2D eigenvalue weighted by Gasteiger charge is -2.15. The second-order valence-corrected chi connectivity index (χ2v) is 5.00. The van der Waals surface area contributed by atoms with Gasteiger partial charge in [0.1, 0.15) is 0 Å². The number of amides is 1. The molecule has 18 heavy (non-hydrogen) atoms. The van der Waals surface area contributed by atoms with E-state index in [1.54, 1.807) is 0 Å². The molecule has 0 aromatic rings. The first-order valence-electron chi connectivity index (χ1n) is 7.21. The van der Waals surface area contributed by atoms with Crippen molar-refractivity contribution in [3.8, 4) is 0 Å². The van der Waals surface area contributed by atoms with Crippen LogP contribution >= 0.6 is 0 Å². The van der Waals surface area contributed by atoms with Crippen LogP contribution in [0.1, 0.15) is 64.7 Å². The molecule has 0 heterocycles. The van der Waals surface area contributed by atoms with Crippen molar-refractivity contribution in [2.75, 3.05) is 6.61 Å². The van der Waals surface area contributed by atoms with Gasteiger partial charge in [-0.1, -0.05) is 45.4 Å². The number of esters is 1. The minimum atomic E-state index is -0.727. The largest absolute Gasteiger partial charge is 0.459 e. The zero-order valence-electron chi connectivity index (χ0n) is 11.4. The second-order valence-electron chi connectivity index (χ2n) is 5.00. The zero-order valence-corrected chi connectivity index (χ0v) is 11.4. The summed E-state index contributed by atoms with van der Waals surface area (Å²) in [5, 5.41) is 2.79. The summed E-state index contributed by atoms with van der Waals surface area (Å²) < 4.78 is 4.93. The predicted octanol–water partition coefficient (Wildman–Crippen LogP) is 2.56. The summed E-state index contributed by atoms with van der Waals surface area (Å²) in [5.74, 6) is -1.30. The highest BCUT2D eigenvalue weighted by atomic mass is 16.5. The van der Waals surface area contributed by atoms with Crippen LogP contribution in [0.4, 0.5) is 0 Å². The topological polar surface area (TPSA) is 55.4 Å². The Morgan fingerprint density at radius 2 is 1.78 bits per heavy atom. The molecule has 1 saturated carbocycles. The lowest BCUT2D eigenvalue weighted by Crippen LogP contribution is -2.40. The van der Waals surface area contributed by atoms with Crippen LogP contribution in [-0.2, 0) is 14.3 Å². The van der Waals surface area contributed by atoms with E-state index in [9.17, 15) is 9.59 Å². The van der Waals surface area contributed by atoms with Crippen LogP contribution in [0, 0.1) is 0 Å². The molecule has 0 radical (unpaired) electrons. The van der Waals surface area contributed by atoms with Gasteiger partial charge in [0.2, 0.25) is 0 Å². The van der Waals surface area contributed by atoms with Crippen molar-refractivity contribution < 1.29 is 14.3 Å². The number of unbranched alkanes of at least 4 members (excludes halogenated alkanes) is 2. The molecule has 104 valence electrons. The van der Waals surface area contributed by atoms with Gasteiger partial charge in [0, 0.05) is 6.04 Å². The first-order valence-corrected chi connectivity index (χ1v) is 7.21. The summed E-state index contributed by atoms with van der Waals surface area (Å²) in [7, 11) is 0. The van der Waals surface area contributed by atoms with E-state index >= 15 is 0 Å². The fourth-order valence-corrected chi connectivity index (χ4v) is 2.25. The minimum Gasteiger partial charge on any atom is -0.459 e. The quantitative estimate of drug-likeness (QED) is 0.355. The molecule has 0 unspecified atom stereocenters. The van der Waals surface area contributed by atoms with Crippen LogP contribution < -0.4 is 5.32 Å². The first kappa shape index (κ1) is 15.0. The molecule has 1 aliphatic carbocycles. The van der Waals surface area contributed by atoms with Crippen molar-refractivity contribution in [3.05, 3.63) is 0 Å². The molecular formula is C14H25NO3. The van der Waals surface area contributed by atoms with Gasteiger partial charge in [0.15, 0.2) is 0 Å². The van der Waals surface area contributed by atoms with Gasteiger partial charge in [-0.25, -0.2) is 4.79 Å². The molecule has 0 atom stereocenters. The van der Waals surface area contributed by atoms with Crippen LogP contribution in [0.2, 0.25) is 0 Å². The van der Waals surface area contributed by atoms with E-state index < -0.39 is 11.9 Å². The molecule has 0 aromatic carbocycles. The number of ether oxygens (including phenoxy) is 1. The van der Waals surface area contributed by atoms with Crippen molar-refractivity contribution in [1.29, 1.82) is 0 Å². The second kappa shape index (κ2) is 8.95. The van der Waals surface area contributed by atoms with E-state index in [0.717, 1.165) is 44.9 Å². The van der Waals surface area contributed by atoms with Crippen LogP contribution in [0.3, 0.4) is 0 Å². The van der Waals surface area contributed by atoms with Gasteiger partial charge in [-0.3, -0.25) is 4.79 Å². The molecule has 0 bridgehead atoms. The SMILES string of the molecule is CCCCCOC(=O)C(=O)NC1CCCCCC1. The third-order valence-electron chi connectivity index (χ3n) is 3.36. The number of hydrogen-bond donors (Lipinski definition) is 1. The van der Waals surface area contributed by atoms with E-state index in [0.29, 0.717) is 6.61 Å². The minimum absolute atomic E-state index is 0.156. The predicted molar refractivity (Wildman–Crippen MR) is 70.1 cm³/mol. The Bertz CT molecular complexity index is 258. The van der Waals surface area contributed by atoms with E-state index in [2.05, 4.69) is 12.2 Å². The van der Waals surface area contributed by atoms with E-state index in [4.69, 9.17) is 4.74 Å². The third-order valence-corrected chi connectivity index (χ3v) is 3.36. The highest BCUT2D eigenvalue weighted by Crippen LogP contribution is 2.17. The van der Waals surface area contributed by atoms with Crippen LogP contribution in [-0.4, -0.2) is 24.5 Å². The summed E-state index contributed by atoms with van der Waals surface area (Å²) in [6.07, 6.45) is 9.63. The molecule has 1 N–H and O–H groups in total. The average molecular weight is 255 g/mol. The maximum absolute atomic E-state index is 11.6. The molecule has 0 aliphatic heterocycles. The Labute approximate surface area is 109 Å². The molecule has 1 aliphatic rings. The fourth-order valence-electron chi connectivity index (χ4n) is 2.25. The average Bonchev–Trinajstić information content (AvgIpc) is 2.63. The van der Waals surface area contributed by atoms with Gasteiger partial charge in [0.05, 0.1) is 6.61 Å². The lowest BCUT2D eigenvalue weighted by atomic mass is 10.1. The number of rotatable bonds is 5. The van der Waals surface area contributed by atoms with Gasteiger partial charge in [-0.15, -0.1) is 0 Å². The Kier molecular flexibility index (Phi) is 7.46. The number of carbonyl (C=O) groups is 2. The summed E-state index contributed by atoms with van der Waals surface area (Å²) in [4.78, 5) is 23.0. The molecule has 0 saturated heterocycles. The maximum Gasteiger partial charge on any atom is 0.396 e. The van der Waals surface area contributed by atoms with E-state index in [1.165, 1.54) is 12.8 Å². The highest BCUT2D eigenvalue weighted by Gasteiger charge is 2.20. The van der Waals surface area contributed by atoms with Gasteiger partial charge >= 0.3 is 11.9 Å². The van der Waals surface area contributed by atoms with Crippen molar-refractivity contribution >= 4 is 11.9 Å². The number of hydrogen-bond acceptors (Lipinski definition) is 3. The van der Waals surface area contributed by atoms with Crippen LogP contribution in [0.5, 0.6) is 0 Å². The van der Waals surface area contributed by atoms with Crippen LogP contribution in [0.25, 0.3) is 0 Å². The fraction of sp³-hybridized carbons (Fsp3) is 0.857. The molecule has 4 nitrogen and oxygen atoms in total. The van der Waals surface area contributed by atoms with Crippen molar-refractivity contribution in [2.24, 2.45) is 0 Å². The Morgan fingerprint density at radius 1 is 1.11 bits per heavy atom. The zero-order chi connectivity index (χ0) is 13.2. The standard InChI is InChI=1S/C14H25NO3/c1-2-3-8-11-18-14(17)13(16)15-12-9-6-4-5-7-10-12/h12H,2-11H2,1H3,(H,15,16). The molecule has 4 heteroatoms. The van der Waals surface area contributed by atoms with Gasteiger partial charge in [0.25, 0.3) is 0 Å². The smallest absolute Gasteiger partial charge is 0.396 e.